The summed E-state index contributed by atoms with van der Waals surface area (Å²) in [6.07, 6.45) is 0. The molecule has 1 atom stereocenters. The van der Waals surface area contributed by atoms with Gasteiger partial charge in [0.05, 0.1) is 15.7 Å². The molecular weight excluding hydrogens is 235 g/mol. The van der Waals surface area contributed by atoms with Gasteiger partial charge in [0.1, 0.15) is 0 Å². The molecule has 13 heavy (non-hydrogen) atoms. The molecule has 0 bridgehead atoms. The van der Waals surface area contributed by atoms with Gasteiger partial charge in [-0.1, -0.05) is 30.3 Å². The molecule has 1 aromatic rings. The first-order valence-corrected chi connectivity index (χ1v) is 5.55. The van der Waals surface area contributed by atoms with Crippen LogP contribution >= 0.6 is 0 Å². The summed E-state index contributed by atoms with van der Waals surface area (Å²) in [6.45, 7) is 0.00662. The van der Waals surface area contributed by atoms with Crippen molar-refractivity contribution in [1.82, 2.24) is 0 Å². The van der Waals surface area contributed by atoms with Gasteiger partial charge >= 0.3 is 51.4 Å². The fourth-order valence-corrected chi connectivity index (χ4v) is 1.14. The third-order valence-electron chi connectivity index (χ3n) is 1.21. The zero-order valence-electron chi connectivity index (χ0n) is 7.14. The van der Waals surface area contributed by atoms with E-state index in [9.17, 15) is 8.76 Å². The van der Waals surface area contributed by atoms with Gasteiger partial charge < -0.3 is 4.55 Å². The minimum absolute atomic E-state index is 0. The van der Waals surface area contributed by atoms with Crippen molar-refractivity contribution >= 4 is 20.2 Å². The van der Waals surface area contributed by atoms with Crippen molar-refractivity contribution in [1.29, 1.82) is 0 Å². The first kappa shape index (κ1) is 14.1. The van der Waals surface area contributed by atoms with E-state index < -0.39 is 9.05 Å². The monoisotopic (exact) mass is 242 g/mol. The Bertz CT molecular complexity index is 336. The van der Waals surface area contributed by atoms with Crippen LogP contribution in [0.2, 0.25) is 0 Å². The molecule has 0 aliphatic heterocycles. The van der Waals surface area contributed by atoms with E-state index in [4.69, 9.17) is 0 Å². The van der Waals surface area contributed by atoms with Gasteiger partial charge in [0.25, 0.3) is 0 Å². The summed E-state index contributed by atoms with van der Waals surface area (Å²) in [6, 6.07) is 8.97. The molecule has 1 rings (SSSR count). The Balaban J connectivity index is 0.00000144. The van der Waals surface area contributed by atoms with E-state index in [1.807, 2.05) is 6.07 Å². The second-order valence-corrected chi connectivity index (χ2v) is 4.43. The third kappa shape index (κ3) is 7.12. The number of benzene rings is 1. The average Bonchev–Trinajstić information content (AvgIpc) is 2.02. The van der Waals surface area contributed by atoms with Crippen LogP contribution in [-0.4, -0.2) is 8.76 Å². The van der Waals surface area contributed by atoms with E-state index in [0.29, 0.717) is 0 Å². The number of rotatable bonds is 3. The molecule has 0 heterocycles. The Hall–Kier alpha value is 1.15. The number of hydrogen-bond acceptors (Lipinski definition) is 4. The molecule has 0 fully saturated rings. The quantitative estimate of drug-likeness (QED) is 0.575. The molecular formula is C7H7KO3S2. The van der Waals surface area contributed by atoms with Crippen molar-refractivity contribution in [3.63, 3.8) is 0 Å². The van der Waals surface area contributed by atoms with Crippen LogP contribution < -0.4 is 51.4 Å². The second kappa shape index (κ2) is 6.60. The van der Waals surface area contributed by atoms with E-state index in [0.717, 1.165) is 5.56 Å². The fourth-order valence-electron chi connectivity index (χ4n) is 0.714. The first-order chi connectivity index (χ1) is 5.58. The van der Waals surface area contributed by atoms with Crippen molar-refractivity contribution < 1.29 is 64.3 Å². The fraction of sp³-hybridized carbons (Fsp3) is 0.143. The maximum Gasteiger partial charge on any atom is 1.00 e. The van der Waals surface area contributed by atoms with Gasteiger partial charge in [-0.3, -0.25) is 4.18 Å². The first-order valence-electron chi connectivity index (χ1n) is 3.22. The molecule has 3 nitrogen and oxygen atoms in total. The third-order valence-corrected chi connectivity index (χ3v) is 1.91. The predicted molar refractivity (Wildman–Crippen MR) is 47.5 cm³/mol. The zero-order chi connectivity index (χ0) is 9.03. The van der Waals surface area contributed by atoms with Gasteiger partial charge in [-0.25, -0.2) is 4.21 Å². The van der Waals surface area contributed by atoms with E-state index >= 15 is 0 Å². The minimum Gasteiger partial charge on any atom is -0.748 e. The summed E-state index contributed by atoms with van der Waals surface area (Å²) in [5.41, 5.74) is 0.783. The van der Waals surface area contributed by atoms with Crippen LogP contribution in [0.25, 0.3) is 0 Å². The van der Waals surface area contributed by atoms with Crippen molar-refractivity contribution in [3.8, 4) is 0 Å². The normalized spacial score (nSPS) is 14.2. The van der Waals surface area contributed by atoms with Crippen molar-refractivity contribution in [2.24, 2.45) is 0 Å². The van der Waals surface area contributed by atoms with Gasteiger partial charge in [0.15, 0.2) is 0 Å². The summed E-state index contributed by atoms with van der Waals surface area (Å²) in [7, 11) is -3.74. The van der Waals surface area contributed by atoms with E-state index in [-0.39, 0.29) is 58.0 Å². The van der Waals surface area contributed by atoms with Crippen LogP contribution in [0.4, 0.5) is 0 Å². The topological polar surface area (TPSA) is 49.4 Å². The van der Waals surface area contributed by atoms with E-state index in [1.165, 1.54) is 0 Å². The van der Waals surface area contributed by atoms with Gasteiger partial charge in [0.2, 0.25) is 0 Å². The molecule has 0 saturated heterocycles. The Morgan fingerprint density at radius 3 is 2.38 bits per heavy atom. The molecule has 0 aromatic heterocycles. The van der Waals surface area contributed by atoms with Crippen molar-refractivity contribution in [2.75, 3.05) is 0 Å². The maximum atomic E-state index is 10.4. The van der Waals surface area contributed by atoms with E-state index in [2.05, 4.69) is 15.4 Å². The van der Waals surface area contributed by atoms with Gasteiger partial charge in [-0.05, 0) is 16.8 Å². The Morgan fingerprint density at radius 2 is 1.92 bits per heavy atom. The average molecular weight is 242 g/mol. The molecule has 66 valence electrons. The molecule has 0 radical (unpaired) electrons. The SMILES string of the molecule is O=S([O-])(=S)OCc1ccccc1.[K+]. The van der Waals surface area contributed by atoms with Crippen LogP contribution in [-0.2, 0) is 31.0 Å². The van der Waals surface area contributed by atoms with Gasteiger partial charge in [0, 0.05) is 0 Å². The largest absolute Gasteiger partial charge is 1.00 e. The summed E-state index contributed by atoms with van der Waals surface area (Å²) in [4.78, 5) is 0. The smallest absolute Gasteiger partial charge is 0.748 e. The Labute approximate surface area is 125 Å². The second-order valence-electron chi connectivity index (χ2n) is 2.16. The standard InChI is InChI=1S/C7H8O3S2.K/c8-12(9,11)10-6-7-4-2-1-3-5-7;/h1-5H,6H2,(H,8,9,11);/q;+1/p-1. The summed E-state index contributed by atoms with van der Waals surface area (Å²) in [5.74, 6) is 0. The number of hydrogen-bond donors (Lipinski definition) is 0. The van der Waals surface area contributed by atoms with Crippen LogP contribution in [0.1, 0.15) is 5.56 Å². The predicted octanol–water partition coefficient (Wildman–Crippen LogP) is -2.00. The molecule has 0 spiro atoms. The van der Waals surface area contributed by atoms with Crippen LogP contribution in [0.15, 0.2) is 30.3 Å². The maximum absolute atomic E-state index is 10.4. The molecule has 0 aliphatic carbocycles. The van der Waals surface area contributed by atoms with Crippen LogP contribution in [0.3, 0.4) is 0 Å². The Morgan fingerprint density at radius 1 is 1.38 bits per heavy atom. The minimum atomic E-state index is -3.74. The molecule has 0 saturated carbocycles. The molecule has 1 aromatic carbocycles. The van der Waals surface area contributed by atoms with Crippen LogP contribution in [0.5, 0.6) is 0 Å². The molecule has 0 amide bonds. The summed E-state index contributed by atoms with van der Waals surface area (Å²) >= 11 is 4.03. The summed E-state index contributed by atoms with van der Waals surface area (Å²) < 4.78 is 25.2. The Kier molecular flexibility index (Phi) is 7.18. The van der Waals surface area contributed by atoms with Crippen LogP contribution in [0, 0.1) is 0 Å². The molecule has 0 aliphatic rings. The summed E-state index contributed by atoms with van der Waals surface area (Å²) in [5, 5.41) is 0. The van der Waals surface area contributed by atoms with Gasteiger partial charge in [-0.2, -0.15) is 0 Å². The van der Waals surface area contributed by atoms with Gasteiger partial charge in [-0.15, -0.1) is 0 Å². The van der Waals surface area contributed by atoms with Crippen molar-refractivity contribution in [2.45, 2.75) is 6.61 Å². The molecule has 0 N–H and O–H groups in total. The van der Waals surface area contributed by atoms with E-state index in [1.54, 1.807) is 24.3 Å². The molecule has 1 unspecified atom stereocenters. The molecule has 6 heteroatoms. The van der Waals surface area contributed by atoms with Crippen molar-refractivity contribution in [3.05, 3.63) is 35.9 Å². The zero-order valence-corrected chi connectivity index (χ0v) is 11.9.